The van der Waals surface area contributed by atoms with Gasteiger partial charge < -0.3 is 0 Å². The Labute approximate surface area is 76.7 Å². The van der Waals surface area contributed by atoms with Crippen LogP contribution in [0.25, 0.3) is 0 Å². The summed E-state index contributed by atoms with van der Waals surface area (Å²) in [7, 11) is -1.63. The highest BCUT2D eigenvalue weighted by Gasteiger charge is 2.14. The maximum atomic E-state index is 11.4. The van der Waals surface area contributed by atoms with Crippen LogP contribution in [0.1, 0.15) is 41.5 Å². The summed E-state index contributed by atoms with van der Waals surface area (Å²) in [6.07, 6.45) is 0. The van der Waals surface area contributed by atoms with Gasteiger partial charge in [-0.25, -0.2) is 9.05 Å². The molecule has 0 aliphatic rings. The van der Waals surface area contributed by atoms with Crippen molar-refractivity contribution >= 4 is 10.6 Å². The van der Waals surface area contributed by atoms with Crippen LogP contribution in [0.4, 0.5) is 0 Å². The lowest BCUT2D eigenvalue weighted by atomic mass is 10.2. The molecule has 0 aliphatic heterocycles. The molecule has 1 unspecified atom stereocenters. The molecule has 3 nitrogen and oxygen atoms in total. The Morgan fingerprint density at radius 2 is 1.50 bits per heavy atom. The van der Waals surface area contributed by atoms with Crippen molar-refractivity contribution in [3.63, 3.8) is 0 Å². The number of hydrogen-bond donors (Lipinski definition) is 1. The molecule has 0 radical (unpaired) electrons. The molecule has 0 aromatic carbocycles. The third-order valence-corrected chi connectivity index (χ3v) is 2.34. The van der Waals surface area contributed by atoms with Gasteiger partial charge in [-0.3, -0.25) is 0 Å². The summed E-state index contributed by atoms with van der Waals surface area (Å²) in [4.78, 5) is 5.06. The molecular weight excluding hydrogens is 174 g/mol. The van der Waals surface area contributed by atoms with Crippen LogP contribution in [0.3, 0.4) is 0 Å². The van der Waals surface area contributed by atoms with Crippen molar-refractivity contribution < 1.29 is 9.05 Å². The van der Waals surface area contributed by atoms with E-state index in [0.29, 0.717) is 0 Å². The summed E-state index contributed by atoms with van der Waals surface area (Å²) in [5.74, 6) is 0. The second kappa shape index (κ2) is 3.75. The van der Waals surface area contributed by atoms with E-state index in [1.54, 1.807) is 0 Å². The zero-order chi connectivity index (χ0) is 9.99. The number of hydrogen-bond acceptors (Lipinski definition) is 3. The van der Waals surface area contributed by atoms with Crippen molar-refractivity contribution in [2.24, 2.45) is 4.53 Å². The van der Waals surface area contributed by atoms with E-state index in [2.05, 4.69) is 4.53 Å². The van der Waals surface area contributed by atoms with E-state index in [0.717, 1.165) is 0 Å². The minimum atomic E-state index is -1.63. The van der Waals surface area contributed by atoms with Gasteiger partial charge >= 0.3 is 0 Å². The highest BCUT2D eigenvalue weighted by atomic mass is 32.2. The first kappa shape index (κ1) is 11.9. The first-order chi connectivity index (χ1) is 5.13. The summed E-state index contributed by atoms with van der Waals surface area (Å²) >= 11 is 0. The summed E-state index contributed by atoms with van der Waals surface area (Å²) in [6, 6.07) is 0. The number of nitrogens with zero attached hydrogens (tertiary/aromatic N) is 1. The largest absolute Gasteiger partial charge is 0.250 e. The van der Waals surface area contributed by atoms with Crippen LogP contribution in [-0.4, -0.2) is 14.6 Å². The normalized spacial score (nSPS) is 16.5. The van der Waals surface area contributed by atoms with Crippen molar-refractivity contribution in [3.05, 3.63) is 0 Å². The average molecular weight is 193 g/mol. The van der Waals surface area contributed by atoms with Crippen molar-refractivity contribution in [3.8, 4) is 0 Å². The number of rotatable bonds is 1. The molecule has 1 atom stereocenters. The standard InChI is InChI=1S/C8H19NO2S/c1-7(2,3)11-9-12(10)8(4,5)6/h12H,1-6H3. The average Bonchev–Trinajstić information content (AvgIpc) is 1.78. The van der Waals surface area contributed by atoms with Crippen molar-refractivity contribution in [1.82, 2.24) is 0 Å². The summed E-state index contributed by atoms with van der Waals surface area (Å²) in [5, 5.41) is 0. The first-order valence-electron chi connectivity index (χ1n) is 3.99. The number of thiol groups is 1. The van der Waals surface area contributed by atoms with Gasteiger partial charge in [0, 0.05) is 4.75 Å². The van der Waals surface area contributed by atoms with E-state index in [1.807, 2.05) is 41.5 Å². The van der Waals surface area contributed by atoms with Crippen molar-refractivity contribution in [2.45, 2.75) is 51.9 Å². The molecule has 0 spiro atoms. The summed E-state index contributed by atoms with van der Waals surface area (Å²) < 4.78 is 14.7. The van der Waals surface area contributed by atoms with E-state index in [4.69, 9.17) is 4.84 Å². The fourth-order valence-corrected chi connectivity index (χ4v) is 0.846. The minimum Gasteiger partial charge on any atom is -0.250 e. The maximum Gasteiger partial charge on any atom is 0.0908 e. The lowest BCUT2D eigenvalue weighted by Crippen LogP contribution is -2.19. The van der Waals surface area contributed by atoms with E-state index >= 15 is 0 Å². The van der Waals surface area contributed by atoms with Gasteiger partial charge in [0.15, 0.2) is 0 Å². The molecule has 0 bridgehead atoms. The summed E-state index contributed by atoms with van der Waals surface area (Å²) in [5.41, 5.74) is -0.351. The van der Waals surface area contributed by atoms with E-state index in [-0.39, 0.29) is 10.3 Å². The second-order valence-corrected chi connectivity index (χ2v) is 6.78. The van der Waals surface area contributed by atoms with Crippen LogP contribution < -0.4 is 0 Å². The van der Waals surface area contributed by atoms with Crippen LogP contribution >= 0.6 is 0 Å². The third-order valence-electron chi connectivity index (χ3n) is 0.963. The third kappa shape index (κ3) is 5.55. The molecule has 0 aliphatic carbocycles. The molecule has 0 aromatic rings. The van der Waals surface area contributed by atoms with Crippen LogP contribution in [0.5, 0.6) is 0 Å². The summed E-state index contributed by atoms with van der Waals surface area (Å²) in [6.45, 7) is 11.3. The Bertz CT molecular complexity index is 216. The Morgan fingerprint density at radius 3 is 1.75 bits per heavy atom. The molecule has 74 valence electrons. The highest BCUT2D eigenvalue weighted by Crippen LogP contribution is 2.11. The predicted octanol–water partition coefficient (Wildman–Crippen LogP) is 2.18. The molecule has 0 rings (SSSR count). The highest BCUT2D eigenvalue weighted by molar-refractivity contribution is 7.76. The monoisotopic (exact) mass is 193 g/mol. The maximum absolute atomic E-state index is 11.4. The van der Waals surface area contributed by atoms with Crippen molar-refractivity contribution in [1.29, 1.82) is 0 Å². The second-order valence-electron chi connectivity index (χ2n) is 4.73. The van der Waals surface area contributed by atoms with E-state index < -0.39 is 10.6 Å². The lowest BCUT2D eigenvalue weighted by Gasteiger charge is -2.16. The van der Waals surface area contributed by atoms with E-state index in [9.17, 15) is 4.21 Å². The Morgan fingerprint density at radius 1 is 1.08 bits per heavy atom. The zero-order valence-corrected chi connectivity index (χ0v) is 9.61. The molecule has 4 heteroatoms. The van der Waals surface area contributed by atoms with E-state index in [1.165, 1.54) is 0 Å². The lowest BCUT2D eigenvalue weighted by molar-refractivity contribution is 0.00442. The molecule has 0 N–H and O–H groups in total. The van der Waals surface area contributed by atoms with Gasteiger partial charge in [0.25, 0.3) is 0 Å². The van der Waals surface area contributed by atoms with Gasteiger partial charge in [0.05, 0.1) is 16.2 Å². The van der Waals surface area contributed by atoms with Crippen LogP contribution in [-0.2, 0) is 15.4 Å². The fraction of sp³-hybridized carbons (Fsp3) is 1.00. The van der Waals surface area contributed by atoms with Gasteiger partial charge in [0.1, 0.15) is 0 Å². The molecule has 0 saturated carbocycles. The van der Waals surface area contributed by atoms with Crippen LogP contribution in [0.2, 0.25) is 0 Å². The SMILES string of the molecule is CC(C)(C)O/N=[SH](=O)/C(C)(C)C. The van der Waals surface area contributed by atoms with Gasteiger partial charge in [0.2, 0.25) is 0 Å². The van der Waals surface area contributed by atoms with Gasteiger partial charge in [-0.1, -0.05) is 4.53 Å². The van der Waals surface area contributed by atoms with Gasteiger partial charge in [-0.2, -0.15) is 0 Å². The Kier molecular flexibility index (Phi) is 3.72. The fourth-order valence-electron chi connectivity index (χ4n) is 0.282. The first-order valence-corrected chi connectivity index (χ1v) is 5.21. The molecule has 0 heterocycles. The topological polar surface area (TPSA) is 38.7 Å². The Balaban J connectivity index is 4.32. The molecule has 0 saturated heterocycles. The van der Waals surface area contributed by atoms with Crippen LogP contribution in [0.15, 0.2) is 4.53 Å². The van der Waals surface area contributed by atoms with Crippen LogP contribution in [0, 0.1) is 0 Å². The smallest absolute Gasteiger partial charge is 0.0908 e. The zero-order valence-electron chi connectivity index (χ0n) is 8.71. The molecule has 0 fully saturated rings. The molecular formula is C8H19NO2S. The van der Waals surface area contributed by atoms with Crippen molar-refractivity contribution in [2.75, 3.05) is 0 Å². The minimum absolute atomic E-state index is 0.305. The molecule has 0 amide bonds. The Hall–Kier alpha value is -0.0900. The van der Waals surface area contributed by atoms with Gasteiger partial charge in [-0.15, -0.1) is 0 Å². The molecule has 12 heavy (non-hydrogen) atoms. The quantitative estimate of drug-likeness (QED) is 0.512. The molecule has 0 aromatic heterocycles. The van der Waals surface area contributed by atoms with Gasteiger partial charge in [-0.05, 0) is 41.5 Å². The predicted molar refractivity (Wildman–Crippen MR) is 52.6 cm³/mol.